The minimum Gasteiger partial charge on any atom is -0.281 e. The lowest BCUT2D eigenvalue weighted by Gasteiger charge is -2.06. The van der Waals surface area contributed by atoms with Gasteiger partial charge in [0.1, 0.15) is 0 Å². The Kier molecular flexibility index (Phi) is 5.51. The van der Waals surface area contributed by atoms with Gasteiger partial charge in [-0.2, -0.15) is 0 Å². The highest BCUT2D eigenvalue weighted by Crippen LogP contribution is 2.14. The van der Waals surface area contributed by atoms with Crippen LogP contribution in [0.1, 0.15) is 26.2 Å². The lowest BCUT2D eigenvalue weighted by Crippen LogP contribution is -2.08. The van der Waals surface area contributed by atoms with E-state index >= 15 is 0 Å². The summed E-state index contributed by atoms with van der Waals surface area (Å²) in [5, 5.41) is -0.799. The van der Waals surface area contributed by atoms with Gasteiger partial charge >= 0.3 is 0 Å². The SMILES string of the molecule is CC[C@H](CCC(=O)Cl)C(=O)Cl. The summed E-state index contributed by atoms with van der Waals surface area (Å²) in [6.45, 7) is 1.85. The molecular weight excluding hydrogens is 187 g/mol. The topological polar surface area (TPSA) is 34.1 Å². The molecule has 2 nitrogen and oxygen atoms in total. The molecule has 4 heteroatoms. The van der Waals surface area contributed by atoms with E-state index in [4.69, 9.17) is 23.2 Å². The highest BCUT2D eigenvalue weighted by atomic mass is 35.5. The molecule has 11 heavy (non-hydrogen) atoms. The van der Waals surface area contributed by atoms with Gasteiger partial charge in [-0.05, 0) is 36.0 Å². The third-order valence-corrected chi connectivity index (χ3v) is 2.00. The lowest BCUT2D eigenvalue weighted by atomic mass is 10.0. The van der Waals surface area contributed by atoms with E-state index in [0.717, 1.165) is 0 Å². The number of hydrogen-bond acceptors (Lipinski definition) is 2. The summed E-state index contributed by atoms with van der Waals surface area (Å²) >= 11 is 10.3. The zero-order chi connectivity index (χ0) is 8.85. The molecule has 0 aliphatic rings. The van der Waals surface area contributed by atoms with Gasteiger partial charge in [0, 0.05) is 12.3 Å². The number of carbonyl (C=O) groups is 2. The van der Waals surface area contributed by atoms with Gasteiger partial charge in [-0.25, -0.2) is 0 Å². The predicted octanol–water partition coefficient (Wildman–Crippen LogP) is 2.32. The van der Waals surface area contributed by atoms with Gasteiger partial charge in [0.2, 0.25) is 10.5 Å². The van der Waals surface area contributed by atoms with E-state index in [0.29, 0.717) is 12.8 Å². The van der Waals surface area contributed by atoms with Crippen molar-refractivity contribution in [1.29, 1.82) is 0 Å². The molecule has 0 bridgehead atoms. The van der Waals surface area contributed by atoms with Crippen molar-refractivity contribution in [3.05, 3.63) is 0 Å². The molecule has 0 aromatic rings. The van der Waals surface area contributed by atoms with Gasteiger partial charge < -0.3 is 0 Å². The second kappa shape index (κ2) is 5.56. The van der Waals surface area contributed by atoms with Crippen LogP contribution in [0.2, 0.25) is 0 Å². The number of carbonyl (C=O) groups excluding carboxylic acids is 2. The Bertz CT molecular complexity index is 157. The molecule has 0 amide bonds. The van der Waals surface area contributed by atoms with Crippen LogP contribution in [0.25, 0.3) is 0 Å². The first-order valence-electron chi connectivity index (χ1n) is 3.45. The molecule has 0 N–H and O–H groups in total. The Morgan fingerprint density at radius 2 is 1.91 bits per heavy atom. The minimum absolute atomic E-state index is 0.221. The van der Waals surface area contributed by atoms with Gasteiger partial charge in [0.05, 0.1) is 0 Å². The molecule has 0 fully saturated rings. The van der Waals surface area contributed by atoms with Gasteiger partial charge in [-0.1, -0.05) is 6.92 Å². The third kappa shape index (κ3) is 5.22. The fourth-order valence-electron chi connectivity index (χ4n) is 0.766. The van der Waals surface area contributed by atoms with Crippen LogP contribution in [0.15, 0.2) is 0 Å². The molecule has 0 spiro atoms. The highest BCUT2D eigenvalue weighted by molar-refractivity contribution is 6.64. The number of hydrogen-bond donors (Lipinski definition) is 0. The maximum absolute atomic E-state index is 10.6. The van der Waals surface area contributed by atoms with Crippen molar-refractivity contribution in [1.82, 2.24) is 0 Å². The second-order valence-corrected chi connectivity index (χ2v) is 3.10. The summed E-state index contributed by atoms with van der Waals surface area (Å²) in [5.74, 6) is -0.223. The Hall–Kier alpha value is -0.0800. The molecule has 0 heterocycles. The van der Waals surface area contributed by atoms with E-state index in [9.17, 15) is 9.59 Å². The molecule has 0 saturated carbocycles. The van der Waals surface area contributed by atoms with E-state index in [1.54, 1.807) is 0 Å². The molecule has 0 aromatic carbocycles. The van der Waals surface area contributed by atoms with E-state index < -0.39 is 5.24 Å². The van der Waals surface area contributed by atoms with E-state index in [1.165, 1.54) is 0 Å². The molecule has 0 aliphatic heterocycles. The van der Waals surface area contributed by atoms with Crippen molar-refractivity contribution in [3.63, 3.8) is 0 Å². The van der Waals surface area contributed by atoms with Crippen LogP contribution in [0, 0.1) is 5.92 Å². The van der Waals surface area contributed by atoms with Crippen LogP contribution in [0.4, 0.5) is 0 Å². The monoisotopic (exact) mass is 196 g/mol. The summed E-state index contributed by atoms with van der Waals surface area (Å²) < 4.78 is 0. The zero-order valence-electron chi connectivity index (χ0n) is 6.27. The fraction of sp³-hybridized carbons (Fsp3) is 0.714. The normalized spacial score (nSPS) is 12.6. The Labute approximate surface area is 75.9 Å². The van der Waals surface area contributed by atoms with Crippen molar-refractivity contribution in [2.45, 2.75) is 26.2 Å². The van der Waals surface area contributed by atoms with Crippen molar-refractivity contribution in [2.24, 2.45) is 5.92 Å². The molecule has 0 unspecified atom stereocenters. The van der Waals surface area contributed by atoms with E-state index in [1.807, 2.05) is 6.92 Å². The van der Waals surface area contributed by atoms with Crippen LogP contribution >= 0.6 is 23.2 Å². The Morgan fingerprint density at radius 1 is 1.36 bits per heavy atom. The van der Waals surface area contributed by atoms with Crippen LogP contribution < -0.4 is 0 Å². The molecule has 1 atom stereocenters. The largest absolute Gasteiger partial charge is 0.281 e. The highest BCUT2D eigenvalue weighted by Gasteiger charge is 2.14. The van der Waals surface area contributed by atoms with Crippen LogP contribution in [-0.2, 0) is 9.59 Å². The molecule has 0 aromatic heterocycles. The summed E-state index contributed by atoms with van der Waals surface area (Å²) in [7, 11) is 0. The third-order valence-electron chi connectivity index (χ3n) is 1.50. The smallest absolute Gasteiger partial charge is 0.224 e. The quantitative estimate of drug-likeness (QED) is 0.633. The van der Waals surface area contributed by atoms with Gasteiger partial charge in [-0.15, -0.1) is 0 Å². The van der Waals surface area contributed by atoms with Crippen molar-refractivity contribution >= 4 is 33.7 Å². The number of rotatable bonds is 5. The zero-order valence-corrected chi connectivity index (χ0v) is 7.78. The summed E-state index contributed by atoms with van der Waals surface area (Å²) in [6, 6.07) is 0. The summed E-state index contributed by atoms with van der Waals surface area (Å²) in [5.41, 5.74) is 0. The van der Waals surface area contributed by atoms with Gasteiger partial charge in [0.25, 0.3) is 0 Å². The fourth-order valence-corrected chi connectivity index (χ4v) is 1.14. The maximum atomic E-state index is 10.6. The predicted molar refractivity (Wildman–Crippen MR) is 44.7 cm³/mol. The molecule has 64 valence electrons. The molecule has 0 aliphatic carbocycles. The second-order valence-electron chi connectivity index (χ2n) is 2.30. The van der Waals surface area contributed by atoms with Crippen molar-refractivity contribution in [2.75, 3.05) is 0 Å². The first kappa shape index (κ1) is 10.9. The average molecular weight is 197 g/mol. The van der Waals surface area contributed by atoms with Crippen molar-refractivity contribution in [3.8, 4) is 0 Å². The molecular formula is C7H10Cl2O2. The van der Waals surface area contributed by atoms with Gasteiger partial charge in [0.15, 0.2) is 0 Å². The van der Waals surface area contributed by atoms with Crippen LogP contribution in [0.3, 0.4) is 0 Å². The first-order chi connectivity index (χ1) is 5.07. The van der Waals surface area contributed by atoms with Crippen molar-refractivity contribution < 1.29 is 9.59 Å². The summed E-state index contributed by atoms with van der Waals surface area (Å²) in [6.07, 6.45) is 1.34. The Balaban J connectivity index is 3.70. The Morgan fingerprint density at radius 3 is 2.18 bits per heavy atom. The first-order valence-corrected chi connectivity index (χ1v) is 4.21. The van der Waals surface area contributed by atoms with Gasteiger partial charge in [-0.3, -0.25) is 9.59 Å². The van der Waals surface area contributed by atoms with Crippen LogP contribution in [0.5, 0.6) is 0 Å². The standard InChI is InChI=1S/C7H10Cl2O2/c1-2-5(7(9)11)3-4-6(8)10/h5H,2-4H2,1H3/t5-/m1/s1. The van der Waals surface area contributed by atoms with Crippen LogP contribution in [-0.4, -0.2) is 10.5 Å². The van der Waals surface area contributed by atoms with E-state index in [2.05, 4.69) is 0 Å². The van der Waals surface area contributed by atoms with E-state index in [-0.39, 0.29) is 17.6 Å². The lowest BCUT2D eigenvalue weighted by molar-refractivity contribution is -0.116. The average Bonchev–Trinajstić information content (AvgIpc) is 1.87. The number of halogens is 2. The molecule has 0 radical (unpaired) electrons. The molecule has 0 rings (SSSR count). The maximum Gasteiger partial charge on any atom is 0.224 e. The molecule has 0 saturated heterocycles. The minimum atomic E-state index is -0.415. The summed E-state index contributed by atoms with van der Waals surface area (Å²) in [4.78, 5) is 20.9.